The number of rotatable bonds is 10. The summed E-state index contributed by atoms with van der Waals surface area (Å²) in [6, 6.07) is 8.41. The molecule has 0 bridgehead atoms. The van der Waals surface area contributed by atoms with E-state index in [-0.39, 0.29) is 5.92 Å². The van der Waals surface area contributed by atoms with Crippen molar-refractivity contribution in [3.8, 4) is 5.75 Å². The summed E-state index contributed by atoms with van der Waals surface area (Å²) in [5.41, 5.74) is 1.20. The zero-order chi connectivity index (χ0) is 15.7. The second-order valence-corrected chi connectivity index (χ2v) is 5.69. The van der Waals surface area contributed by atoms with E-state index in [0.717, 1.165) is 31.6 Å². The van der Waals surface area contributed by atoms with Crippen LogP contribution in [-0.2, 0) is 4.79 Å². The summed E-state index contributed by atoms with van der Waals surface area (Å²) in [6.45, 7) is 7.36. The van der Waals surface area contributed by atoms with Crippen LogP contribution in [0.3, 0.4) is 0 Å². The van der Waals surface area contributed by atoms with Crippen LogP contribution in [0.4, 0.5) is 0 Å². The van der Waals surface area contributed by atoms with Gasteiger partial charge in [0.05, 0.1) is 5.92 Å². The minimum atomic E-state index is -0.706. The Kier molecular flexibility index (Phi) is 7.83. The van der Waals surface area contributed by atoms with Crippen molar-refractivity contribution in [2.75, 3.05) is 13.2 Å². The lowest BCUT2D eigenvalue weighted by atomic mass is 10.0. The van der Waals surface area contributed by atoms with E-state index in [1.807, 2.05) is 31.2 Å². The predicted molar refractivity (Wildman–Crippen MR) is 84.8 cm³/mol. The molecule has 2 atom stereocenters. The van der Waals surface area contributed by atoms with Crippen molar-refractivity contribution < 1.29 is 14.6 Å². The Morgan fingerprint density at radius 2 is 2.10 bits per heavy atom. The largest absolute Gasteiger partial charge is 0.492 e. The van der Waals surface area contributed by atoms with Crippen molar-refractivity contribution in [1.29, 1.82) is 0 Å². The topological polar surface area (TPSA) is 58.6 Å². The molecule has 0 fully saturated rings. The number of hydrogen-bond acceptors (Lipinski definition) is 3. The highest BCUT2D eigenvalue weighted by Crippen LogP contribution is 2.12. The van der Waals surface area contributed by atoms with Gasteiger partial charge in [-0.15, -0.1) is 0 Å². The summed E-state index contributed by atoms with van der Waals surface area (Å²) in [7, 11) is 0. The fourth-order valence-electron chi connectivity index (χ4n) is 2.14. The lowest BCUT2D eigenvalue weighted by Gasteiger charge is -2.15. The molecule has 0 saturated heterocycles. The quantitative estimate of drug-likeness (QED) is 0.650. The van der Waals surface area contributed by atoms with Crippen molar-refractivity contribution in [3.63, 3.8) is 0 Å². The summed E-state index contributed by atoms with van der Waals surface area (Å²) in [5.74, 6) is -0.0521. The summed E-state index contributed by atoms with van der Waals surface area (Å²) in [4.78, 5) is 10.7. The zero-order valence-electron chi connectivity index (χ0n) is 13.3. The molecule has 0 spiro atoms. The van der Waals surface area contributed by atoms with Gasteiger partial charge in [-0.05, 0) is 44.4 Å². The molecule has 0 radical (unpaired) electrons. The molecule has 0 aliphatic carbocycles. The molecule has 21 heavy (non-hydrogen) atoms. The lowest BCUT2D eigenvalue weighted by molar-refractivity contribution is -0.141. The second-order valence-electron chi connectivity index (χ2n) is 5.69. The van der Waals surface area contributed by atoms with E-state index in [1.54, 1.807) is 6.92 Å². The molecule has 1 aromatic rings. The van der Waals surface area contributed by atoms with Crippen molar-refractivity contribution >= 4 is 5.97 Å². The fraction of sp³-hybridized carbons (Fsp3) is 0.588. The first-order valence-corrected chi connectivity index (χ1v) is 7.64. The van der Waals surface area contributed by atoms with Crippen LogP contribution >= 0.6 is 0 Å². The predicted octanol–water partition coefficient (Wildman–Crippen LogP) is 3.24. The average molecular weight is 293 g/mol. The molecule has 4 nitrogen and oxygen atoms in total. The lowest BCUT2D eigenvalue weighted by Crippen LogP contribution is -2.30. The number of carboxylic acid groups (broad SMARTS) is 1. The Labute approximate surface area is 127 Å². The van der Waals surface area contributed by atoms with Gasteiger partial charge in [0.15, 0.2) is 0 Å². The minimum absolute atomic E-state index is 0.248. The van der Waals surface area contributed by atoms with E-state index in [9.17, 15) is 4.79 Å². The Balaban J connectivity index is 2.08. The molecule has 0 saturated carbocycles. The van der Waals surface area contributed by atoms with Crippen LogP contribution in [0.5, 0.6) is 5.75 Å². The summed E-state index contributed by atoms with van der Waals surface area (Å²) in [5, 5.41) is 12.2. The Bertz CT molecular complexity index is 434. The summed E-state index contributed by atoms with van der Waals surface area (Å²) in [6.07, 6.45) is 2.66. The van der Waals surface area contributed by atoms with Gasteiger partial charge in [0.2, 0.25) is 0 Å². The van der Waals surface area contributed by atoms with Gasteiger partial charge >= 0.3 is 5.97 Å². The third-order valence-corrected chi connectivity index (χ3v) is 3.55. The molecule has 0 aliphatic heterocycles. The van der Waals surface area contributed by atoms with Crippen LogP contribution < -0.4 is 10.1 Å². The maximum absolute atomic E-state index is 10.7. The minimum Gasteiger partial charge on any atom is -0.492 e. The van der Waals surface area contributed by atoms with E-state index in [4.69, 9.17) is 9.84 Å². The Hall–Kier alpha value is -1.55. The first-order chi connectivity index (χ1) is 9.99. The summed E-state index contributed by atoms with van der Waals surface area (Å²) >= 11 is 0. The van der Waals surface area contributed by atoms with Gasteiger partial charge in [0, 0.05) is 12.6 Å². The molecule has 0 aliphatic rings. The van der Waals surface area contributed by atoms with E-state index in [2.05, 4.69) is 12.2 Å². The van der Waals surface area contributed by atoms with Gasteiger partial charge in [-0.1, -0.05) is 25.5 Å². The zero-order valence-corrected chi connectivity index (χ0v) is 13.3. The van der Waals surface area contributed by atoms with Gasteiger partial charge < -0.3 is 15.2 Å². The fourth-order valence-corrected chi connectivity index (χ4v) is 2.14. The van der Waals surface area contributed by atoms with Gasteiger partial charge in [-0.2, -0.15) is 0 Å². The maximum Gasteiger partial charge on any atom is 0.306 e. The molecule has 118 valence electrons. The number of carbonyl (C=O) groups is 1. The highest BCUT2D eigenvalue weighted by Gasteiger charge is 2.10. The average Bonchev–Trinajstić information content (AvgIpc) is 2.43. The highest BCUT2D eigenvalue weighted by molar-refractivity contribution is 5.69. The van der Waals surface area contributed by atoms with Crippen LogP contribution in [0.25, 0.3) is 0 Å². The van der Waals surface area contributed by atoms with E-state index >= 15 is 0 Å². The van der Waals surface area contributed by atoms with Gasteiger partial charge in [-0.3, -0.25) is 4.79 Å². The molecule has 2 N–H and O–H groups in total. The van der Waals surface area contributed by atoms with E-state index < -0.39 is 5.97 Å². The SMILES string of the molecule is Cc1cccc(OCCNC(C)CCCC(C)C(=O)O)c1. The van der Waals surface area contributed by atoms with Crippen molar-refractivity contribution in [2.45, 2.75) is 46.1 Å². The van der Waals surface area contributed by atoms with Crippen LogP contribution in [0.1, 0.15) is 38.7 Å². The first-order valence-electron chi connectivity index (χ1n) is 7.64. The molecule has 0 aromatic heterocycles. The van der Waals surface area contributed by atoms with Crippen LogP contribution in [-0.4, -0.2) is 30.3 Å². The molecule has 0 heterocycles. The summed E-state index contributed by atoms with van der Waals surface area (Å²) < 4.78 is 5.67. The normalized spacial score (nSPS) is 13.7. The van der Waals surface area contributed by atoms with E-state index in [0.29, 0.717) is 12.6 Å². The van der Waals surface area contributed by atoms with Crippen LogP contribution in [0.15, 0.2) is 24.3 Å². The van der Waals surface area contributed by atoms with Crippen molar-refractivity contribution in [3.05, 3.63) is 29.8 Å². The van der Waals surface area contributed by atoms with Crippen molar-refractivity contribution in [1.82, 2.24) is 5.32 Å². The van der Waals surface area contributed by atoms with Gasteiger partial charge in [0.1, 0.15) is 12.4 Å². The molecule has 2 unspecified atom stereocenters. The second kappa shape index (κ2) is 9.40. The molecule has 1 rings (SSSR count). The number of hydrogen-bond donors (Lipinski definition) is 2. The number of aryl methyl sites for hydroxylation is 1. The molecule has 0 amide bonds. The van der Waals surface area contributed by atoms with Crippen LogP contribution in [0, 0.1) is 12.8 Å². The van der Waals surface area contributed by atoms with Crippen molar-refractivity contribution in [2.24, 2.45) is 5.92 Å². The Morgan fingerprint density at radius 3 is 2.76 bits per heavy atom. The smallest absolute Gasteiger partial charge is 0.306 e. The third kappa shape index (κ3) is 7.71. The van der Waals surface area contributed by atoms with Gasteiger partial charge in [-0.25, -0.2) is 0 Å². The standard InChI is InChI=1S/C17H27NO3/c1-13-6-4-9-16(12-13)21-11-10-18-15(3)8-5-7-14(2)17(19)20/h4,6,9,12,14-15,18H,5,7-8,10-11H2,1-3H3,(H,19,20). The van der Waals surface area contributed by atoms with Crippen LogP contribution in [0.2, 0.25) is 0 Å². The van der Waals surface area contributed by atoms with E-state index in [1.165, 1.54) is 5.56 Å². The molecular formula is C17H27NO3. The Morgan fingerprint density at radius 1 is 1.33 bits per heavy atom. The number of aliphatic carboxylic acids is 1. The first kappa shape index (κ1) is 17.5. The molecule has 1 aromatic carbocycles. The number of nitrogens with one attached hydrogen (secondary N) is 1. The number of ether oxygens (including phenoxy) is 1. The number of carboxylic acids is 1. The molecule has 4 heteroatoms. The monoisotopic (exact) mass is 293 g/mol. The molecular weight excluding hydrogens is 266 g/mol. The number of benzene rings is 1. The highest BCUT2D eigenvalue weighted by atomic mass is 16.5. The third-order valence-electron chi connectivity index (χ3n) is 3.55. The van der Waals surface area contributed by atoms with Gasteiger partial charge in [0.25, 0.3) is 0 Å². The maximum atomic E-state index is 10.7.